The second kappa shape index (κ2) is 5.34. The minimum atomic E-state index is -0.531. The Kier molecular flexibility index (Phi) is 3.61. The van der Waals surface area contributed by atoms with E-state index in [9.17, 15) is 14.4 Å². The number of carbonyl (C=O) groups excluding carboxylic acids is 1. The first-order valence-corrected chi connectivity index (χ1v) is 5.71. The molecule has 1 heterocycles. The summed E-state index contributed by atoms with van der Waals surface area (Å²) in [5.41, 5.74) is -0.0295. The summed E-state index contributed by atoms with van der Waals surface area (Å²) in [7, 11) is 0. The molecule has 0 radical (unpaired) electrons. The van der Waals surface area contributed by atoms with Crippen molar-refractivity contribution in [2.45, 2.75) is 6.92 Å². The number of ether oxygens (including phenoxy) is 1. The maximum Gasteiger partial charge on any atom is 0.338 e. The van der Waals surface area contributed by atoms with Crippen LogP contribution >= 0.6 is 0 Å². The van der Waals surface area contributed by atoms with Crippen LogP contribution in [0.5, 0.6) is 0 Å². The smallest absolute Gasteiger partial charge is 0.338 e. The van der Waals surface area contributed by atoms with Gasteiger partial charge in [0.15, 0.2) is 0 Å². The van der Waals surface area contributed by atoms with Crippen LogP contribution in [-0.4, -0.2) is 22.1 Å². The van der Waals surface area contributed by atoms with Gasteiger partial charge in [-0.3, -0.25) is 14.3 Å². The van der Waals surface area contributed by atoms with E-state index in [1.54, 1.807) is 31.2 Å². The fourth-order valence-corrected chi connectivity index (χ4v) is 1.59. The topological polar surface area (TPSA) is 81.2 Å². The predicted molar refractivity (Wildman–Crippen MR) is 68.6 cm³/mol. The predicted octanol–water partition coefficient (Wildman–Crippen LogP) is 0.702. The van der Waals surface area contributed by atoms with Gasteiger partial charge in [0.05, 0.1) is 17.9 Å². The first-order valence-electron chi connectivity index (χ1n) is 5.71. The van der Waals surface area contributed by atoms with Crippen LogP contribution in [-0.2, 0) is 4.74 Å². The lowest BCUT2D eigenvalue weighted by Gasteiger charge is -2.05. The van der Waals surface area contributed by atoms with Gasteiger partial charge in [-0.25, -0.2) is 9.59 Å². The van der Waals surface area contributed by atoms with E-state index < -0.39 is 17.2 Å². The van der Waals surface area contributed by atoms with Crippen molar-refractivity contribution in [1.82, 2.24) is 9.55 Å². The van der Waals surface area contributed by atoms with Crippen LogP contribution in [0.4, 0.5) is 0 Å². The molecular weight excluding hydrogens is 248 g/mol. The second-order valence-electron chi connectivity index (χ2n) is 3.75. The summed E-state index contributed by atoms with van der Waals surface area (Å²) in [4.78, 5) is 36.2. The van der Waals surface area contributed by atoms with E-state index >= 15 is 0 Å². The number of aromatic nitrogens is 2. The molecule has 1 N–H and O–H groups in total. The Balaban J connectivity index is 2.35. The zero-order valence-corrected chi connectivity index (χ0v) is 10.3. The van der Waals surface area contributed by atoms with Crippen LogP contribution in [0.2, 0.25) is 0 Å². The van der Waals surface area contributed by atoms with Crippen LogP contribution in [0.1, 0.15) is 17.3 Å². The average Bonchev–Trinajstić information content (AvgIpc) is 2.39. The van der Waals surface area contributed by atoms with Gasteiger partial charge in [-0.15, -0.1) is 0 Å². The summed E-state index contributed by atoms with van der Waals surface area (Å²) in [5, 5.41) is 0. The first kappa shape index (κ1) is 12.8. The van der Waals surface area contributed by atoms with Crippen molar-refractivity contribution >= 4 is 5.97 Å². The highest BCUT2D eigenvalue weighted by Gasteiger charge is 2.06. The van der Waals surface area contributed by atoms with E-state index in [0.29, 0.717) is 17.9 Å². The van der Waals surface area contributed by atoms with Gasteiger partial charge in [0, 0.05) is 12.3 Å². The molecule has 6 heteroatoms. The van der Waals surface area contributed by atoms with E-state index in [1.165, 1.54) is 16.8 Å². The fourth-order valence-electron chi connectivity index (χ4n) is 1.59. The van der Waals surface area contributed by atoms with Crippen LogP contribution < -0.4 is 11.2 Å². The normalized spacial score (nSPS) is 10.2. The Labute approximate surface area is 108 Å². The Morgan fingerprint density at radius 1 is 1.21 bits per heavy atom. The number of nitrogens with zero attached hydrogens (tertiary/aromatic N) is 1. The minimum absolute atomic E-state index is 0.306. The molecule has 1 aromatic carbocycles. The van der Waals surface area contributed by atoms with Crippen molar-refractivity contribution in [3.8, 4) is 5.69 Å². The molecule has 2 rings (SSSR count). The molecule has 19 heavy (non-hydrogen) atoms. The molecule has 0 bridgehead atoms. The highest BCUT2D eigenvalue weighted by atomic mass is 16.5. The third kappa shape index (κ3) is 2.79. The van der Waals surface area contributed by atoms with Gasteiger partial charge in [-0.05, 0) is 31.2 Å². The van der Waals surface area contributed by atoms with Gasteiger partial charge in [0.2, 0.25) is 0 Å². The van der Waals surface area contributed by atoms with Crippen molar-refractivity contribution in [2.24, 2.45) is 0 Å². The number of H-pyrrole nitrogens is 1. The van der Waals surface area contributed by atoms with E-state index in [-0.39, 0.29) is 0 Å². The number of hydrogen-bond donors (Lipinski definition) is 1. The Morgan fingerprint density at radius 3 is 2.47 bits per heavy atom. The van der Waals surface area contributed by atoms with Crippen LogP contribution in [0.3, 0.4) is 0 Å². The molecule has 0 saturated heterocycles. The van der Waals surface area contributed by atoms with Gasteiger partial charge < -0.3 is 4.74 Å². The van der Waals surface area contributed by atoms with E-state index in [1.807, 2.05) is 0 Å². The van der Waals surface area contributed by atoms with Crippen molar-refractivity contribution < 1.29 is 9.53 Å². The lowest BCUT2D eigenvalue weighted by atomic mass is 10.2. The number of esters is 1. The summed E-state index contributed by atoms with van der Waals surface area (Å²) in [6.07, 6.45) is 1.38. The quantitative estimate of drug-likeness (QED) is 0.824. The SMILES string of the molecule is CCOC(=O)c1ccc(-n2ccc(=O)[nH]c2=O)cc1. The first-order chi connectivity index (χ1) is 9.11. The highest BCUT2D eigenvalue weighted by Crippen LogP contribution is 2.08. The van der Waals surface area contributed by atoms with Gasteiger partial charge >= 0.3 is 11.7 Å². The average molecular weight is 260 g/mol. The molecule has 6 nitrogen and oxygen atoms in total. The van der Waals surface area contributed by atoms with Crippen LogP contribution in [0, 0.1) is 0 Å². The molecule has 0 atom stereocenters. The number of rotatable bonds is 3. The number of aromatic amines is 1. The maximum absolute atomic E-state index is 11.6. The molecule has 0 spiro atoms. The zero-order valence-electron chi connectivity index (χ0n) is 10.3. The molecule has 0 aliphatic heterocycles. The third-order valence-electron chi connectivity index (χ3n) is 2.48. The highest BCUT2D eigenvalue weighted by molar-refractivity contribution is 5.89. The molecular formula is C13H12N2O4. The Bertz CT molecular complexity index is 698. The number of benzene rings is 1. The Morgan fingerprint density at radius 2 is 1.89 bits per heavy atom. The lowest BCUT2D eigenvalue weighted by molar-refractivity contribution is 0.0526. The second-order valence-corrected chi connectivity index (χ2v) is 3.75. The summed E-state index contributed by atoms with van der Waals surface area (Å²) in [6.45, 7) is 2.03. The summed E-state index contributed by atoms with van der Waals surface area (Å²) in [5.74, 6) is -0.414. The molecule has 0 saturated carbocycles. The molecule has 98 valence electrons. The molecule has 2 aromatic rings. The van der Waals surface area contributed by atoms with Gasteiger partial charge in [0.1, 0.15) is 0 Å². The number of hydrogen-bond acceptors (Lipinski definition) is 4. The van der Waals surface area contributed by atoms with Crippen LogP contribution in [0.15, 0.2) is 46.1 Å². The van der Waals surface area contributed by atoms with Crippen molar-refractivity contribution in [2.75, 3.05) is 6.61 Å². The minimum Gasteiger partial charge on any atom is -0.462 e. The van der Waals surface area contributed by atoms with Crippen molar-refractivity contribution in [1.29, 1.82) is 0 Å². The largest absolute Gasteiger partial charge is 0.462 e. The fraction of sp³-hybridized carbons (Fsp3) is 0.154. The van der Waals surface area contributed by atoms with Crippen molar-refractivity contribution in [3.63, 3.8) is 0 Å². The van der Waals surface area contributed by atoms with E-state index in [4.69, 9.17) is 4.74 Å². The molecule has 0 amide bonds. The van der Waals surface area contributed by atoms with Gasteiger partial charge in [-0.1, -0.05) is 0 Å². The summed E-state index contributed by atoms with van der Waals surface area (Å²) < 4.78 is 6.13. The standard InChI is InChI=1S/C13H12N2O4/c1-2-19-12(17)9-3-5-10(6-4-9)15-8-7-11(16)14-13(15)18/h3-8H,2H2,1H3,(H,14,16,18). The number of nitrogens with one attached hydrogen (secondary N) is 1. The lowest BCUT2D eigenvalue weighted by Crippen LogP contribution is -2.27. The molecule has 0 fully saturated rings. The molecule has 1 aromatic heterocycles. The summed E-state index contributed by atoms with van der Waals surface area (Å²) >= 11 is 0. The molecule has 0 aliphatic rings. The zero-order chi connectivity index (χ0) is 13.8. The van der Waals surface area contributed by atoms with Crippen molar-refractivity contribution in [3.05, 3.63) is 62.9 Å². The summed E-state index contributed by atoms with van der Waals surface area (Å²) in [6, 6.07) is 7.58. The Hall–Kier alpha value is -2.63. The van der Waals surface area contributed by atoms with E-state index in [2.05, 4.69) is 4.98 Å². The maximum atomic E-state index is 11.6. The molecule has 0 unspecified atom stereocenters. The van der Waals surface area contributed by atoms with Crippen LogP contribution in [0.25, 0.3) is 5.69 Å². The number of carbonyl (C=O) groups is 1. The molecule has 0 aliphatic carbocycles. The third-order valence-corrected chi connectivity index (χ3v) is 2.48. The van der Waals surface area contributed by atoms with E-state index in [0.717, 1.165) is 0 Å². The van der Waals surface area contributed by atoms with Gasteiger partial charge in [-0.2, -0.15) is 0 Å². The van der Waals surface area contributed by atoms with Gasteiger partial charge in [0.25, 0.3) is 5.56 Å². The monoisotopic (exact) mass is 260 g/mol.